The van der Waals surface area contributed by atoms with Gasteiger partial charge in [0.25, 0.3) is 0 Å². The molecule has 0 amide bonds. The Morgan fingerprint density at radius 3 is 2.85 bits per heavy atom. The maximum Gasteiger partial charge on any atom is 0.231 e. The Bertz CT molecular complexity index is 409. The van der Waals surface area contributed by atoms with Gasteiger partial charge in [0.15, 0.2) is 0 Å². The molecular formula is C15H25N3O2. The lowest BCUT2D eigenvalue weighted by molar-refractivity contribution is -0.00145. The minimum atomic E-state index is 0.0205. The highest BCUT2D eigenvalue weighted by Gasteiger charge is 2.31. The molecule has 0 spiro atoms. The van der Waals surface area contributed by atoms with Crippen LogP contribution in [0.15, 0.2) is 4.52 Å². The summed E-state index contributed by atoms with van der Waals surface area (Å²) in [4.78, 5) is 4.64. The van der Waals surface area contributed by atoms with Gasteiger partial charge in [0.1, 0.15) is 6.10 Å². The summed E-state index contributed by atoms with van der Waals surface area (Å²) in [6.45, 7) is 4.73. The summed E-state index contributed by atoms with van der Waals surface area (Å²) in [5.74, 6) is 2.48. The summed E-state index contributed by atoms with van der Waals surface area (Å²) in [5.41, 5.74) is 0. The molecule has 2 unspecified atom stereocenters. The van der Waals surface area contributed by atoms with Gasteiger partial charge in [-0.15, -0.1) is 0 Å². The summed E-state index contributed by atoms with van der Waals surface area (Å²) < 4.78 is 11.4. The van der Waals surface area contributed by atoms with E-state index in [-0.39, 0.29) is 6.10 Å². The average Bonchev–Trinajstić information content (AvgIpc) is 3.16. The Hall–Kier alpha value is -0.940. The largest absolute Gasteiger partial charge is 0.370 e. The van der Waals surface area contributed by atoms with Crippen LogP contribution in [0.3, 0.4) is 0 Å². The van der Waals surface area contributed by atoms with Crippen molar-refractivity contribution >= 4 is 0 Å². The molecule has 1 aliphatic carbocycles. The first-order valence-electron chi connectivity index (χ1n) is 8.04. The first-order chi connectivity index (χ1) is 9.88. The zero-order chi connectivity index (χ0) is 13.8. The lowest BCUT2D eigenvalue weighted by Crippen LogP contribution is -2.20. The average molecular weight is 279 g/mol. The van der Waals surface area contributed by atoms with E-state index in [1.165, 1.54) is 32.1 Å². The molecule has 0 aromatic carbocycles. The van der Waals surface area contributed by atoms with Crippen molar-refractivity contribution in [2.75, 3.05) is 19.7 Å². The molecule has 112 valence electrons. The third-order valence-corrected chi connectivity index (χ3v) is 4.55. The van der Waals surface area contributed by atoms with Crippen LogP contribution in [0.5, 0.6) is 0 Å². The molecule has 2 atom stereocenters. The maximum absolute atomic E-state index is 5.94. The highest BCUT2D eigenvalue weighted by atomic mass is 16.5. The second-order valence-electron chi connectivity index (χ2n) is 5.95. The monoisotopic (exact) mass is 279 g/mol. The number of aromatic nitrogens is 2. The molecule has 2 heterocycles. The minimum absolute atomic E-state index is 0.0205. The smallest absolute Gasteiger partial charge is 0.231 e. The Balaban J connectivity index is 1.72. The van der Waals surface area contributed by atoms with Crippen LogP contribution >= 0.6 is 0 Å². The molecule has 5 nitrogen and oxygen atoms in total. The van der Waals surface area contributed by atoms with E-state index >= 15 is 0 Å². The molecular weight excluding hydrogens is 254 g/mol. The van der Waals surface area contributed by atoms with E-state index < -0.39 is 0 Å². The van der Waals surface area contributed by atoms with E-state index in [2.05, 4.69) is 15.5 Å². The minimum Gasteiger partial charge on any atom is -0.370 e. The fourth-order valence-corrected chi connectivity index (χ4v) is 3.43. The Labute approximate surface area is 120 Å². The molecule has 5 heteroatoms. The number of hydrogen-bond acceptors (Lipinski definition) is 5. The van der Waals surface area contributed by atoms with Gasteiger partial charge in [-0.3, -0.25) is 0 Å². The second-order valence-corrected chi connectivity index (χ2v) is 5.95. The van der Waals surface area contributed by atoms with E-state index in [4.69, 9.17) is 9.26 Å². The van der Waals surface area contributed by atoms with E-state index in [1.807, 2.05) is 6.92 Å². The van der Waals surface area contributed by atoms with Crippen LogP contribution in [0.4, 0.5) is 0 Å². The number of nitrogens with zero attached hydrogens (tertiary/aromatic N) is 2. The Morgan fingerprint density at radius 1 is 1.30 bits per heavy atom. The molecule has 3 rings (SSSR count). The van der Waals surface area contributed by atoms with Gasteiger partial charge in [-0.05, 0) is 38.6 Å². The van der Waals surface area contributed by atoms with Gasteiger partial charge in [-0.25, -0.2) is 0 Å². The number of rotatable bonds is 5. The first-order valence-corrected chi connectivity index (χ1v) is 8.04. The molecule has 0 radical (unpaired) electrons. The van der Waals surface area contributed by atoms with E-state index in [9.17, 15) is 0 Å². The summed E-state index contributed by atoms with van der Waals surface area (Å²) in [6, 6.07) is 0. The molecule has 2 aliphatic rings. The van der Waals surface area contributed by atoms with E-state index in [1.54, 1.807) is 0 Å². The van der Waals surface area contributed by atoms with Gasteiger partial charge in [0, 0.05) is 13.2 Å². The Morgan fingerprint density at radius 2 is 2.15 bits per heavy atom. The van der Waals surface area contributed by atoms with Gasteiger partial charge in [0.05, 0.1) is 5.92 Å². The first kappa shape index (κ1) is 14.0. The van der Waals surface area contributed by atoms with Gasteiger partial charge < -0.3 is 14.6 Å². The van der Waals surface area contributed by atoms with Crippen LogP contribution in [0.2, 0.25) is 0 Å². The standard InChI is InChI=1S/C15H25N3O2/c1-2-19-13(11-6-4-3-5-7-11)14-17-15(20-18-14)12-8-9-16-10-12/h11-13,16H,2-10H2,1H3. The highest BCUT2D eigenvalue weighted by Crippen LogP contribution is 2.36. The fraction of sp³-hybridized carbons (Fsp3) is 0.867. The molecule has 1 saturated carbocycles. The predicted molar refractivity (Wildman–Crippen MR) is 75.5 cm³/mol. The summed E-state index contributed by atoms with van der Waals surface area (Å²) >= 11 is 0. The van der Waals surface area contributed by atoms with Crippen LogP contribution in [-0.4, -0.2) is 29.8 Å². The van der Waals surface area contributed by atoms with Crippen LogP contribution < -0.4 is 5.32 Å². The summed E-state index contributed by atoms with van der Waals surface area (Å²) in [5, 5.41) is 7.55. The normalized spacial score (nSPS) is 25.9. The molecule has 1 aliphatic heterocycles. The van der Waals surface area contributed by atoms with Crippen LogP contribution in [0.1, 0.15) is 69.2 Å². The van der Waals surface area contributed by atoms with Crippen molar-refractivity contribution in [1.29, 1.82) is 0 Å². The van der Waals surface area contributed by atoms with Gasteiger partial charge >= 0.3 is 0 Å². The van der Waals surface area contributed by atoms with Crippen molar-refractivity contribution in [3.05, 3.63) is 11.7 Å². The molecule has 1 aromatic rings. The lowest BCUT2D eigenvalue weighted by Gasteiger charge is -2.27. The third-order valence-electron chi connectivity index (χ3n) is 4.55. The number of nitrogens with one attached hydrogen (secondary N) is 1. The van der Waals surface area contributed by atoms with Gasteiger partial charge in [0.2, 0.25) is 11.7 Å². The summed E-state index contributed by atoms with van der Waals surface area (Å²) in [7, 11) is 0. The van der Waals surface area contributed by atoms with Crippen LogP contribution in [0, 0.1) is 5.92 Å². The zero-order valence-corrected chi connectivity index (χ0v) is 12.3. The molecule has 0 bridgehead atoms. The van der Waals surface area contributed by atoms with Crippen molar-refractivity contribution < 1.29 is 9.26 Å². The van der Waals surface area contributed by atoms with Crippen LogP contribution in [0.25, 0.3) is 0 Å². The van der Waals surface area contributed by atoms with Gasteiger partial charge in [-0.1, -0.05) is 24.4 Å². The predicted octanol–water partition coefficient (Wildman–Crippen LogP) is 2.80. The molecule has 2 fully saturated rings. The molecule has 1 N–H and O–H groups in total. The SMILES string of the molecule is CCOC(c1noc(C2CCNC2)n1)C1CCCCC1. The van der Waals surface area contributed by atoms with Crippen molar-refractivity contribution in [1.82, 2.24) is 15.5 Å². The van der Waals surface area contributed by atoms with Crippen molar-refractivity contribution in [3.8, 4) is 0 Å². The molecule has 20 heavy (non-hydrogen) atoms. The van der Waals surface area contributed by atoms with Crippen molar-refractivity contribution in [2.45, 2.75) is 57.5 Å². The van der Waals surface area contributed by atoms with Gasteiger partial charge in [-0.2, -0.15) is 4.98 Å². The molecule has 1 aromatic heterocycles. The number of hydrogen-bond donors (Lipinski definition) is 1. The second kappa shape index (κ2) is 6.68. The number of ether oxygens (including phenoxy) is 1. The van der Waals surface area contributed by atoms with Crippen molar-refractivity contribution in [3.63, 3.8) is 0 Å². The lowest BCUT2D eigenvalue weighted by atomic mass is 9.85. The highest BCUT2D eigenvalue weighted by molar-refractivity contribution is 5.01. The molecule has 1 saturated heterocycles. The Kier molecular flexibility index (Phi) is 4.68. The quantitative estimate of drug-likeness (QED) is 0.898. The topological polar surface area (TPSA) is 60.2 Å². The zero-order valence-electron chi connectivity index (χ0n) is 12.3. The summed E-state index contributed by atoms with van der Waals surface area (Å²) in [6.07, 6.45) is 7.49. The third kappa shape index (κ3) is 3.04. The van der Waals surface area contributed by atoms with Crippen molar-refractivity contribution in [2.24, 2.45) is 5.92 Å². The van der Waals surface area contributed by atoms with Crippen LogP contribution in [-0.2, 0) is 4.74 Å². The van der Waals surface area contributed by atoms with E-state index in [0.29, 0.717) is 18.4 Å². The fourth-order valence-electron chi connectivity index (χ4n) is 3.43. The maximum atomic E-state index is 5.94. The van der Waals surface area contributed by atoms with E-state index in [0.717, 1.165) is 31.2 Å².